The largest absolute Gasteiger partial charge is 0.477 e. The van der Waals surface area contributed by atoms with Crippen LogP contribution in [0.1, 0.15) is 17.3 Å². The molecule has 0 saturated carbocycles. The number of nitro benzene ring substituents is 1. The van der Waals surface area contributed by atoms with Crippen LogP contribution in [-0.2, 0) is 0 Å². The van der Waals surface area contributed by atoms with Crippen LogP contribution in [0.25, 0.3) is 0 Å². The van der Waals surface area contributed by atoms with Crippen LogP contribution in [0.2, 0.25) is 0 Å². The van der Waals surface area contributed by atoms with Crippen LogP contribution in [0.5, 0.6) is 0 Å². The van der Waals surface area contributed by atoms with Crippen molar-refractivity contribution >= 4 is 17.3 Å². The maximum atomic E-state index is 11.0. The third-order valence-electron chi connectivity index (χ3n) is 2.75. The highest BCUT2D eigenvalue weighted by molar-refractivity contribution is 5.93. The van der Waals surface area contributed by atoms with Gasteiger partial charge in [-0.15, -0.1) is 0 Å². The summed E-state index contributed by atoms with van der Waals surface area (Å²) in [5.41, 5.74) is -1.48. The maximum absolute atomic E-state index is 11.0. The highest BCUT2D eigenvalue weighted by Gasteiger charge is 2.23. The standard InChI is InChI=1S/C13H19N3O5/c1-13(19,8-15(2)3)7-14-9-4-5-11(16(20)21)10(6-9)12(17)18/h4-6,14,19H,7-8H2,1-3H3,(H,17,18). The Morgan fingerprint density at radius 2 is 2.10 bits per heavy atom. The second-order valence-corrected chi connectivity index (χ2v) is 5.38. The molecule has 0 spiro atoms. The number of rotatable bonds is 7. The fourth-order valence-electron chi connectivity index (χ4n) is 2.01. The molecule has 0 aliphatic rings. The molecule has 1 aromatic carbocycles. The summed E-state index contributed by atoms with van der Waals surface area (Å²) in [4.78, 5) is 22.9. The van der Waals surface area contributed by atoms with Crippen molar-refractivity contribution in [2.24, 2.45) is 0 Å². The summed E-state index contributed by atoms with van der Waals surface area (Å²) < 4.78 is 0. The average Bonchev–Trinajstić information content (AvgIpc) is 2.34. The number of anilines is 1. The molecule has 8 heteroatoms. The lowest BCUT2D eigenvalue weighted by Crippen LogP contribution is -2.43. The first-order chi connectivity index (χ1) is 9.62. The van der Waals surface area contributed by atoms with Gasteiger partial charge in [-0.05, 0) is 33.2 Å². The quantitative estimate of drug-likeness (QED) is 0.508. The van der Waals surface area contributed by atoms with Crippen LogP contribution in [0, 0.1) is 10.1 Å². The van der Waals surface area contributed by atoms with E-state index < -0.39 is 27.7 Å². The molecule has 1 atom stereocenters. The van der Waals surface area contributed by atoms with Crippen molar-refractivity contribution in [3.05, 3.63) is 33.9 Å². The second kappa shape index (κ2) is 6.51. The Morgan fingerprint density at radius 3 is 2.57 bits per heavy atom. The Kier molecular flexibility index (Phi) is 5.23. The number of hydrogen-bond acceptors (Lipinski definition) is 6. The molecule has 0 saturated heterocycles. The van der Waals surface area contributed by atoms with Crippen LogP contribution in [0.15, 0.2) is 18.2 Å². The van der Waals surface area contributed by atoms with E-state index in [0.29, 0.717) is 12.2 Å². The smallest absolute Gasteiger partial charge is 0.342 e. The molecule has 1 rings (SSSR count). The van der Waals surface area contributed by atoms with Gasteiger partial charge in [0.1, 0.15) is 5.56 Å². The van der Waals surface area contributed by atoms with Crippen LogP contribution in [0.3, 0.4) is 0 Å². The van der Waals surface area contributed by atoms with Gasteiger partial charge in [-0.3, -0.25) is 10.1 Å². The number of carboxylic acid groups (broad SMARTS) is 1. The lowest BCUT2D eigenvalue weighted by atomic mass is 10.1. The lowest BCUT2D eigenvalue weighted by molar-refractivity contribution is -0.385. The van der Waals surface area contributed by atoms with E-state index in [0.717, 1.165) is 6.07 Å². The van der Waals surface area contributed by atoms with Crippen LogP contribution < -0.4 is 5.32 Å². The summed E-state index contributed by atoms with van der Waals surface area (Å²) in [5, 5.41) is 32.8. The number of nitrogens with one attached hydrogen (secondary N) is 1. The molecule has 3 N–H and O–H groups in total. The molecule has 1 unspecified atom stereocenters. The number of likely N-dealkylation sites (N-methyl/N-ethyl adjacent to an activating group) is 1. The summed E-state index contributed by atoms with van der Waals surface area (Å²) in [5.74, 6) is -1.37. The molecule has 0 aliphatic heterocycles. The molecular weight excluding hydrogens is 278 g/mol. The normalized spacial score (nSPS) is 13.8. The SMILES string of the molecule is CN(C)CC(C)(O)CNc1ccc([N+](=O)[O-])c(C(=O)O)c1. The fraction of sp³-hybridized carbons (Fsp3) is 0.462. The number of carbonyl (C=O) groups is 1. The first-order valence-electron chi connectivity index (χ1n) is 6.25. The van der Waals surface area contributed by atoms with Gasteiger partial charge in [0.25, 0.3) is 5.69 Å². The first-order valence-corrected chi connectivity index (χ1v) is 6.25. The highest BCUT2D eigenvalue weighted by atomic mass is 16.6. The van der Waals surface area contributed by atoms with E-state index in [2.05, 4.69) is 5.32 Å². The molecular formula is C13H19N3O5. The Labute approximate surface area is 122 Å². The zero-order chi connectivity index (χ0) is 16.2. The monoisotopic (exact) mass is 297 g/mol. The molecule has 0 radical (unpaired) electrons. The van der Waals surface area contributed by atoms with Gasteiger partial charge in [-0.2, -0.15) is 0 Å². The van der Waals surface area contributed by atoms with Crippen molar-refractivity contribution in [2.45, 2.75) is 12.5 Å². The van der Waals surface area contributed by atoms with E-state index in [1.165, 1.54) is 12.1 Å². The van der Waals surface area contributed by atoms with Gasteiger partial charge in [0.15, 0.2) is 0 Å². The topological polar surface area (TPSA) is 116 Å². The lowest BCUT2D eigenvalue weighted by Gasteiger charge is -2.27. The third-order valence-corrected chi connectivity index (χ3v) is 2.75. The Morgan fingerprint density at radius 1 is 1.48 bits per heavy atom. The van der Waals surface area contributed by atoms with E-state index in [1.807, 2.05) is 19.0 Å². The fourth-order valence-corrected chi connectivity index (χ4v) is 2.01. The van der Waals surface area contributed by atoms with Crippen LogP contribution >= 0.6 is 0 Å². The van der Waals surface area contributed by atoms with E-state index in [4.69, 9.17) is 5.11 Å². The van der Waals surface area contributed by atoms with E-state index in [9.17, 15) is 20.0 Å². The molecule has 8 nitrogen and oxygen atoms in total. The number of hydrogen-bond donors (Lipinski definition) is 3. The Hall–Kier alpha value is -2.19. The zero-order valence-electron chi connectivity index (χ0n) is 12.2. The number of aliphatic hydroxyl groups is 1. The highest BCUT2D eigenvalue weighted by Crippen LogP contribution is 2.23. The first kappa shape index (κ1) is 16.9. The summed E-state index contributed by atoms with van der Waals surface area (Å²) >= 11 is 0. The molecule has 0 heterocycles. The minimum absolute atomic E-state index is 0.183. The van der Waals surface area contributed by atoms with Gasteiger partial charge in [-0.25, -0.2) is 4.79 Å². The van der Waals surface area contributed by atoms with E-state index >= 15 is 0 Å². The van der Waals surface area contributed by atoms with Gasteiger partial charge in [-0.1, -0.05) is 0 Å². The summed E-state index contributed by atoms with van der Waals surface area (Å²) in [6.45, 7) is 2.24. The number of aromatic carboxylic acids is 1. The minimum Gasteiger partial charge on any atom is -0.477 e. The third kappa shape index (κ3) is 5.01. The van der Waals surface area contributed by atoms with Crippen molar-refractivity contribution in [2.75, 3.05) is 32.5 Å². The van der Waals surface area contributed by atoms with Gasteiger partial charge < -0.3 is 20.4 Å². The van der Waals surface area contributed by atoms with Gasteiger partial charge in [0.05, 0.1) is 10.5 Å². The summed E-state index contributed by atoms with van der Waals surface area (Å²) in [7, 11) is 3.64. The Bertz CT molecular complexity index is 543. The molecule has 1 aromatic rings. The second-order valence-electron chi connectivity index (χ2n) is 5.38. The molecule has 21 heavy (non-hydrogen) atoms. The van der Waals surface area contributed by atoms with Gasteiger partial charge >= 0.3 is 5.97 Å². The molecule has 116 valence electrons. The minimum atomic E-state index is -1.37. The molecule has 0 amide bonds. The number of nitro groups is 1. The number of nitrogens with zero attached hydrogens (tertiary/aromatic N) is 2. The van der Waals surface area contributed by atoms with Gasteiger partial charge in [0, 0.05) is 24.8 Å². The molecule has 0 aromatic heterocycles. The predicted molar refractivity (Wildman–Crippen MR) is 77.7 cm³/mol. The summed E-state index contributed by atoms with van der Waals surface area (Å²) in [6.07, 6.45) is 0. The van der Waals surface area contributed by atoms with Crippen molar-refractivity contribution < 1.29 is 19.9 Å². The van der Waals surface area contributed by atoms with Crippen molar-refractivity contribution in [3.63, 3.8) is 0 Å². The van der Waals surface area contributed by atoms with Crippen LogP contribution in [0.4, 0.5) is 11.4 Å². The van der Waals surface area contributed by atoms with Gasteiger partial charge in [0.2, 0.25) is 0 Å². The predicted octanol–water partition coefficient (Wildman–Crippen LogP) is 1.02. The van der Waals surface area contributed by atoms with E-state index in [-0.39, 0.29) is 6.54 Å². The van der Waals surface area contributed by atoms with Crippen molar-refractivity contribution in [1.29, 1.82) is 0 Å². The van der Waals surface area contributed by atoms with Crippen molar-refractivity contribution in [1.82, 2.24) is 4.90 Å². The number of carboxylic acids is 1. The molecule has 0 fully saturated rings. The Balaban J connectivity index is 2.88. The average molecular weight is 297 g/mol. The zero-order valence-corrected chi connectivity index (χ0v) is 12.2. The van der Waals surface area contributed by atoms with E-state index in [1.54, 1.807) is 6.92 Å². The molecule has 0 bridgehead atoms. The molecule has 0 aliphatic carbocycles. The van der Waals surface area contributed by atoms with Crippen LogP contribution in [-0.4, -0.2) is 58.8 Å². The summed E-state index contributed by atoms with van der Waals surface area (Å²) in [6, 6.07) is 3.73. The number of benzene rings is 1. The maximum Gasteiger partial charge on any atom is 0.342 e. The van der Waals surface area contributed by atoms with Crippen molar-refractivity contribution in [3.8, 4) is 0 Å².